The highest BCUT2D eigenvalue weighted by atomic mass is 15.4. The van der Waals surface area contributed by atoms with Crippen molar-refractivity contribution in [3.63, 3.8) is 0 Å². The average Bonchev–Trinajstić information content (AvgIpc) is 2.41. The molecular weight excluding hydrogens is 200 g/mol. The minimum Gasteiger partial charge on any atom is -0.303 e. The molecule has 0 aliphatic rings. The maximum atomic E-state index is 4.36. The van der Waals surface area contributed by atoms with Gasteiger partial charge in [-0.3, -0.25) is 0 Å². The van der Waals surface area contributed by atoms with Gasteiger partial charge in [-0.05, 0) is 11.1 Å². The van der Waals surface area contributed by atoms with E-state index in [1.54, 1.807) is 0 Å². The summed E-state index contributed by atoms with van der Waals surface area (Å²) < 4.78 is 0. The Kier molecular flexibility index (Phi) is 5.13. The zero-order valence-corrected chi connectivity index (χ0v) is 8.82. The first kappa shape index (κ1) is 11.7. The summed E-state index contributed by atoms with van der Waals surface area (Å²) in [5.74, 6) is 8.72. The molecule has 0 saturated carbocycles. The van der Waals surface area contributed by atoms with E-state index in [-0.39, 0.29) is 0 Å². The molecule has 0 unspecified atom stereocenters. The minimum atomic E-state index is 1.28. The van der Waals surface area contributed by atoms with E-state index in [2.05, 4.69) is 70.7 Å². The van der Waals surface area contributed by atoms with Crippen LogP contribution in [0.5, 0.6) is 0 Å². The fourth-order valence-electron chi connectivity index (χ4n) is 1.26. The molecule has 0 amide bonds. The van der Waals surface area contributed by atoms with Gasteiger partial charge in [0.1, 0.15) is 0 Å². The Morgan fingerprint density at radius 2 is 0.875 bits per heavy atom. The molecule has 0 bridgehead atoms. The van der Waals surface area contributed by atoms with Gasteiger partial charge in [0.15, 0.2) is 0 Å². The lowest BCUT2D eigenvalue weighted by Gasteiger charge is -1.98. The van der Waals surface area contributed by atoms with E-state index in [0.29, 0.717) is 0 Å². The van der Waals surface area contributed by atoms with Crippen LogP contribution < -0.4 is 11.7 Å². The molecule has 2 rings (SSSR count). The summed E-state index contributed by atoms with van der Waals surface area (Å²) in [5, 5.41) is 5.28. The highest BCUT2D eigenvalue weighted by molar-refractivity contribution is 5.62. The molecule has 4 nitrogen and oxygen atoms in total. The van der Waals surface area contributed by atoms with Crippen LogP contribution in [0.4, 0.5) is 0 Å². The molecule has 0 aromatic heterocycles. The Bertz CT molecular complexity index is 370. The second-order valence-corrected chi connectivity index (χ2v) is 2.96. The van der Waals surface area contributed by atoms with Crippen molar-refractivity contribution in [3.8, 4) is 11.1 Å². The van der Waals surface area contributed by atoms with Crippen molar-refractivity contribution in [3.05, 3.63) is 60.7 Å². The van der Waals surface area contributed by atoms with Crippen LogP contribution in [0.15, 0.2) is 71.1 Å². The third-order valence-corrected chi connectivity index (χ3v) is 1.95. The van der Waals surface area contributed by atoms with Gasteiger partial charge in [0.2, 0.25) is 0 Å². The Labute approximate surface area is 94.6 Å². The zero-order chi connectivity index (χ0) is 11.6. The van der Waals surface area contributed by atoms with Gasteiger partial charge >= 0.3 is 0 Å². The summed E-state index contributed by atoms with van der Waals surface area (Å²) in [7, 11) is 0. The predicted octanol–water partition coefficient (Wildman–Crippen LogP) is 2.54. The Hall–Kier alpha value is -2.36. The Morgan fingerprint density at radius 1 is 0.562 bits per heavy atom. The highest BCUT2D eigenvalue weighted by Gasteiger charge is 1.91. The van der Waals surface area contributed by atoms with Gasteiger partial charge in [0, 0.05) is 0 Å². The van der Waals surface area contributed by atoms with Gasteiger partial charge < -0.3 is 11.7 Å². The molecule has 0 spiro atoms. The van der Waals surface area contributed by atoms with Crippen LogP contribution in [0.1, 0.15) is 0 Å². The second-order valence-electron chi connectivity index (χ2n) is 2.96. The fourth-order valence-corrected chi connectivity index (χ4v) is 1.26. The number of rotatable bonds is 1. The van der Waals surface area contributed by atoms with E-state index >= 15 is 0 Å². The van der Waals surface area contributed by atoms with E-state index in [1.807, 2.05) is 12.1 Å². The van der Waals surface area contributed by atoms with Crippen LogP contribution in [-0.4, -0.2) is 0 Å². The highest BCUT2D eigenvalue weighted by Crippen LogP contribution is 2.17. The average molecular weight is 214 g/mol. The third-order valence-electron chi connectivity index (χ3n) is 1.95. The van der Waals surface area contributed by atoms with E-state index in [1.165, 1.54) is 11.1 Å². The van der Waals surface area contributed by atoms with Crippen LogP contribution in [0, 0.1) is 0 Å². The Morgan fingerprint density at radius 3 is 1.12 bits per heavy atom. The molecule has 4 heteroatoms. The summed E-state index contributed by atoms with van der Waals surface area (Å²) in [6.07, 6.45) is 0. The molecule has 4 N–H and O–H groups in total. The standard InChI is InChI=1S/C12H10.H4N4/c1-3-7-11(8-4-1)12-9-5-2-6-10-12;1-3-4-2/h1-10H;(H2,1,4)(H2,2,3). The number of nitrogens with zero attached hydrogens (tertiary/aromatic N) is 2. The molecule has 2 aromatic carbocycles. The number of hydrogen-bond donors (Lipinski definition) is 2. The minimum absolute atomic E-state index is 1.28. The van der Waals surface area contributed by atoms with E-state index in [0.717, 1.165) is 0 Å². The van der Waals surface area contributed by atoms with Crippen molar-refractivity contribution >= 4 is 0 Å². The molecule has 2 aromatic rings. The molecule has 0 aliphatic heterocycles. The smallest absolute Gasteiger partial charge is 0.0184 e. The number of hydrogen-bond acceptors (Lipinski definition) is 2. The second kappa shape index (κ2) is 7.00. The number of nitrogens with two attached hydrogens (primary N) is 2. The van der Waals surface area contributed by atoms with Gasteiger partial charge in [-0.25, -0.2) is 0 Å². The van der Waals surface area contributed by atoms with Crippen LogP contribution in [0.2, 0.25) is 0 Å². The van der Waals surface area contributed by atoms with Gasteiger partial charge in [-0.15, -0.1) is 0 Å². The molecular formula is C12H14N4. The van der Waals surface area contributed by atoms with Gasteiger partial charge in [0.05, 0.1) is 0 Å². The number of benzene rings is 2. The molecule has 82 valence electrons. The van der Waals surface area contributed by atoms with Gasteiger partial charge in [0.25, 0.3) is 0 Å². The first-order valence-electron chi connectivity index (χ1n) is 4.79. The predicted molar refractivity (Wildman–Crippen MR) is 65.1 cm³/mol. The van der Waals surface area contributed by atoms with E-state index in [9.17, 15) is 0 Å². The zero-order valence-electron chi connectivity index (χ0n) is 8.82. The van der Waals surface area contributed by atoms with Crippen molar-refractivity contribution in [2.24, 2.45) is 22.1 Å². The Balaban J connectivity index is 0.000000280. The molecule has 0 atom stereocenters. The maximum Gasteiger partial charge on any atom is -0.0184 e. The summed E-state index contributed by atoms with van der Waals surface area (Å²) >= 11 is 0. The van der Waals surface area contributed by atoms with Gasteiger partial charge in [-0.1, -0.05) is 71.1 Å². The lowest BCUT2D eigenvalue weighted by molar-refractivity contribution is 0.956. The molecule has 0 aliphatic carbocycles. The molecule has 0 fully saturated rings. The van der Waals surface area contributed by atoms with Crippen LogP contribution >= 0.6 is 0 Å². The molecule has 0 heterocycles. The van der Waals surface area contributed by atoms with Crippen LogP contribution in [-0.2, 0) is 0 Å². The van der Waals surface area contributed by atoms with Crippen molar-refractivity contribution in [2.45, 2.75) is 0 Å². The summed E-state index contributed by atoms with van der Waals surface area (Å²) in [4.78, 5) is 0. The van der Waals surface area contributed by atoms with Crippen molar-refractivity contribution in [1.82, 2.24) is 0 Å². The van der Waals surface area contributed by atoms with Crippen LogP contribution in [0.25, 0.3) is 11.1 Å². The van der Waals surface area contributed by atoms with E-state index in [4.69, 9.17) is 0 Å². The van der Waals surface area contributed by atoms with E-state index < -0.39 is 0 Å². The van der Waals surface area contributed by atoms with Gasteiger partial charge in [-0.2, -0.15) is 0 Å². The molecule has 0 saturated heterocycles. The fraction of sp³-hybridized carbons (Fsp3) is 0. The SMILES string of the molecule is NN=NN.c1ccc(-c2ccccc2)cc1. The summed E-state index contributed by atoms with van der Waals surface area (Å²) in [6, 6.07) is 20.8. The normalized spacial score (nSPS) is 9.50. The first-order chi connectivity index (χ1) is 7.88. The maximum absolute atomic E-state index is 4.36. The van der Waals surface area contributed by atoms with Crippen LogP contribution in [0.3, 0.4) is 0 Å². The lowest BCUT2D eigenvalue weighted by atomic mass is 10.1. The largest absolute Gasteiger partial charge is 0.303 e. The lowest BCUT2D eigenvalue weighted by Crippen LogP contribution is -1.80. The quantitative estimate of drug-likeness (QED) is 0.434. The monoisotopic (exact) mass is 214 g/mol. The topological polar surface area (TPSA) is 76.8 Å². The summed E-state index contributed by atoms with van der Waals surface area (Å²) in [6.45, 7) is 0. The summed E-state index contributed by atoms with van der Waals surface area (Å²) in [5.41, 5.74) is 2.55. The first-order valence-corrected chi connectivity index (χ1v) is 4.79. The van der Waals surface area contributed by atoms with Crippen molar-refractivity contribution < 1.29 is 0 Å². The molecule has 16 heavy (non-hydrogen) atoms. The van der Waals surface area contributed by atoms with Crippen molar-refractivity contribution in [2.75, 3.05) is 0 Å². The third kappa shape index (κ3) is 3.79. The molecule has 0 radical (unpaired) electrons. The van der Waals surface area contributed by atoms with Crippen molar-refractivity contribution in [1.29, 1.82) is 0 Å².